The highest BCUT2D eigenvalue weighted by molar-refractivity contribution is 14.1. The molecule has 0 aliphatic heterocycles. The molecule has 5 nitrogen and oxygen atoms in total. The Hall–Kier alpha value is -1.56. The Balaban J connectivity index is 2.31. The van der Waals surface area contributed by atoms with Gasteiger partial charge in [-0.25, -0.2) is 18.7 Å². The van der Waals surface area contributed by atoms with Gasteiger partial charge in [-0.05, 0) is 52.8 Å². The summed E-state index contributed by atoms with van der Waals surface area (Å²) in [4.78, 5) is 17.3. The molecule has 0 aromatic heterocycles. The Morgan fingerprint density at radius 2 is 1.93 bits per heavy atom. The van der Waals surface area contributed by atoms with Gasteiger partial charge in [-0.15, -0.1) is 0 Å². The normalized spacial score (nSPS) is 12.2. The molecule has 0 fully saturated rings. The number of carbonyl (C=O) groups excluding carboxylic acids is 1. The van der Waals surface area contributed by atoms with Crippen molar-refractivity contribution in [3.8, 4) is 0 Å². The molecular weight excluding hydrogens is 512 g/mol. The Morgan fingerprint density at radius 3 is 2.54 bits per heavy atom. The van der Waals surface area contributed by atoms with Gasteiger partial charge in [0.25, 0.3) is 5.91 Å². The standard InChI is InChI=1S/C18H17ClF3IN2O3/c1-8(2)14(26)7-28-25-18(27)10-6-11(19)15(21)16(22)17(10)24-13-4-3-9(23)5-12(13)20/h3-6,8,14,24,26H,7H2,1-2H3,(H,25,27). The maximum atomic E-state index is 14.4. The lowest BCUT2D eigenvalue weighted by atomic mass is 10.1. The van der Waals surface area contributed by atoms with Gasteiger partial charge in [-0.2, -0.15) is 0 Å². The molecule has 0 saturated carbocycles. The van der Waals surface area contributed by atoms with Crippen LogP contribution in [-0.2, 0) is 4.84 Å². The van der Waals surface area contributed by atoms with Crippen LogP contribution >= 0.6 is 34.2 Å². The Bertz CT molecular complexity index is 884. The number of hydrogen-bond donors (Lipinski definition) is 3. The average Bonchev–Trinajstić information content (AvgIpc) is 2.63. The number of hydrogen-bond acceptors (Lipinski definition) is 4. The molecule has 0 heterocycles. The van der Waals surface area contributed by atoms with Crippen LogP contribution < -0.4 is 10.8 Å². The number of amides is 1. The quantitative estimate of drug-likeness (QED) is 0.275. The molecule has 2 aromatic rings. The number of hydroxylamine groups is 1. The summed E-state index contributed by atoms with van der Waals surface area (Å²) < 4.78 is 43.0. The number of aliphatic hydroxyl groups is 1. The first-order valence-corrected chi connectivity index (χ1v) is 9.57. The van der Waals surface area contributed by atoms with Crippen molar-refractivity contribution in [3.05, 3.63) is 55.9 Å². The van der Waals surface area contributed by atoms with Crippen molar-refractivity contribution in [2.45, 2.75) is 20.0 Å². The first-order chi connectivity index (χ1) is 13.1. The molecule has 2 aromatic carbocycles. The van der Waals surface area contributed by atoms with Gasteiger partial charge in [-0.1, -0.05) is 25.4 Å². The second-order valence-corrected chi connectivity index (χ2v) is 7.86. The molecule has 0 bridgehead atoms. The van der Waals surface area contributed by atoms with Crippen molar-refractivity contribution >= 4 is 51.5 Å². The summed E-state index contributed by atoms with van der Waals surface area (Å²) in [7, 11) is 0. The van der Waals surface area contributed by atoms with Crippen LogP contribution in [0.4, 0.5) is 24.5 Å². The maximum absolute atomic E-state index is 14.4. The molecule has 1 atom stereocenters. The van der Waals surface area contributed by atoms with Crippen molar-refractivity contribution in [1.82, 2.24) is 5.48 Å². The SMILES string of the molecule is CC(C)C(O)CONC(=O)c1cc(Cl)c(F)c(F)c1Nc1ccc(I)cc1F. The first kappa shape index (κ1) is 22.7. The summed E-state index contributed by atoms with van der Waals surface area (Å²) in [6.45, 7) is 3.29. The minimum Gasteiger partial charge on any atom is -0.390 e. The molecular formula is C18H17ClF3IN2O3. The fourth-order valence-electron chi connectivity index (χ4n) is 2.06. The smallest absolute Gasteiger partial charge is 0.277 e. The second kappa shape index (κ2) is 9.77. The minimum atomic E-state index is -1.45. The number of anilines is 2. The third-order valence-corrected chi connectivity index (χ3v) is 4.73. The van der Waals surface area contributed by atoms with E-state index in [2.05, 4.69) is 5.32 Å². The maximum Gasteiger partial charge on any atom is 0.277 e. The van der Waals surface area contributed by atoms with Crippen molar-refractivity contribution in [2.24, 2.45) is 5.92 Å². The molecule has 0 spiro atoms. The molecule has 1 unspecified atom stereocenters. The predicted octanol–water partition coefficient (Wildman–Crippen LogP) is 4.78. The highest BCUT2D eigenvalue weighted by Crippen LogP contribution is 2.32. The van der Waals surface area contributed by atoms with Crippen LogP contribution in [0.1, 0.15) is 24.2 Å². The van der Waals surface area contributed by atoms with Crippen LogP contribution in [0.5, 0.6) is 0 Å². The number of nitrogens with one attached hydrogen (secondary N) is 2. The van der Waals surface area contributed by atoms with E-state index in [0.29, 0.717) is 3.57 Å². The van der Waals surface area contributed by atoms with Crippen LogP contribution in [0.3, 0.4) is 0 Å². The topological polar surface area (TPSA) is 70.6 Å². The van der Waals surface area contributed by atoms with Gasteiger partial charge in [0.05, 0.1) is 28.1 Å². The number of rotatable bonds is 7. The Morgan fingerprint density at radius 1 is 1.25 bits per heavy atom. The van der Waals surface area contributed by atoms with E-state index in [0.717, 1.165) is 6.07 Å². The van der Waals surface area contributed by atoms with Crippen LogP contribution in [0.2, 0.25) is 5.02 Å². The van der Waals surface area contributed by atoms with Crippen molar-refractivity contribution < 1.29 is 27.9 Å². The number of benzene rings is 2. The summed E-state index contributed by atoms with van der Waals surface area (Å²) in [5, 5.41) is 11.4. The van der Waals surface area contributed by atoms with E-state index in [1.807, 2.05) is 28.1 Å². The highest BCUT2D eigenvalue weighted by atomic mass is 127. The predicted molar refractivity (Wildman–Crippen MR) is 108 cm³/mol. The third-order valence-electron chi connectivity index (χ3n) is 3.79. The Kier molecular flexibility index (Phi) is 7.93. The van der Waals surface area contributed by atoms with Gasteiger partial charge in [-0.3, -0.25) is 9.63 Å². The zero-order valence-corrected chi connectivity index (χ0v) is 17.7. The zero-order chi connectivity index (χ0) is 21.0. The zero-order valence-electron chi connectivity index (χ0n) is 14.8. The fourth-order valence-corrected chi connectivity index (χ4v) is 2.71. The molecule has 0 aliphatic rings. The molecule has 10 heteroatoms. The summed E-state index contributed by atoms with van der Waals surface area (Å²) in [5.74, 6) is -4.62. The first-order valence-electron chi connectivity index (χ1n) is 8.11. The van der Waals surface area contributed by atoms with E-state index in [4.69, 9.17) is 16.4 Å². The summed E-state index contributed by atoms with van der Waals surface area (Å²) in [6, 6.07) is 4.94. The van der Waals surface area contributed by atoms with E-state index < -0.39 is 45.7 Å². The van der Waals surface area contributed by atoms with Gasteiger partial charge in [0.2, 0.25) is 0 Å². The molecule has 0 radical (unpaired) electrons. The number of carbonyl (C=O) groups is 1. The molecule has 1 amide bonds. The van der Waals surface area contributed by atoms with Crippen LogP contribution in [0.25, 0.3) is 0 Å². The van der Waals surface area contributed by atoms with Gasteiger partial charge in [0.15, 0.2) is 11.6 Å². The van der Waals surface area contributed by atoms with Gasteiger partial charge < -0.3 is 10.4 Å². The summed E-state index contributed by atoms with van der Waals surface area (Å²) in [5.41, 5.74) is 0.860. The van der Waals surface area contributed by atoms with E-state index in [1.165, 1.54) is 12.1 Å². The highest BCUT2D eigenvalue weighted by Gasteiger charge is 2.23. The van der Waals surface area contributed by atoms with Crippen molar-refractivity contribution in [2.75, 3.05) is 11.9 Å². The monoisotopic (exact) mass is 528 g/mol. The van der Waals surface area contributed by atoms with Crippen molar-refractivity contribution in [3.63, 3.8) is 0 Å². The van der Waals surface area contributed by atoms with E-state index in [1.54, 1.807) is 19.9 Å². The lowest BCUT2D eigenvalue weighted by molar-refractivity contribution is -0.0268. The second-order valence-electron chi connectivity index (χ2n) is 6.21. The average molecular weight is 529 g/mol. The van der Waals surface area contributed by atoms with E-state index in [9.17, 15) is 23.1 Å². The Labute approximate surface area is 178 Å². The van der Waals surface area contributed by atoms with E-state index >= 15 is 0 Å². The van der Waals surface area contributed by atoms with Crippen LogP contribution in [-0.4, -0.2) is 23.7 Å². The molecule has 0 aliphatic carbocycles. The summed E-state index contributed by atoms with van der Waals surface area (Å²) in [6.07, 6.45) is -0.840. The van der Waals surface area contributed by atoms with Crippen molar-refractivity contribution in [1.29, 1.82) is 0 Å². The minimum absolute atomic E-state index is 0.115. The van der Waals surface area contributed by atoms with Gasteiger partial charge in [0.1, 0.15) is 12.4 Å². The largest absolute Gasteiger partial charge is 0.390 e. The number of aliphatic hydroxyl groups excluding tert-OH is 1. The molecule has 2 rings (SSSR count). The fraction of sp³-hybridized carbons (Fsp3) is 0.278. The molecule has 28 heavy (non-hydrogen) atoms. The summed E-state index contributed by atoms with van der Waals surface area (Å²) >= 11 is 7.53. The van der Waals surface area contributed by atoms with Crippen LogP contribution in [0, 0.1) is 26.9 Å². The van der Waals surface area contributed by atoms with Gasteiger partial charge >= 0.3 is 0 Å². The lowest BCUT2D eigenvalue weighted by Crippen LogP contribution is -2.31. The molecule has 0 saturated heterocycles. The third kappa shape index (κ3) is 5.49. The number of halogens is 5. The molecule has 152 valence electrons. The van der Waals surface area contributed by atoms with E-state index in [-0.39, 0.29) is 18.2 Å². The lowest BCUT2D eigenvalue weighted by Gasteiger charge is -2.17. The molecule has 3 N–H and O–H groups in total. The van der Waals surface area contributed by atoms with Crippen LogP contribution in [0.15, 0.2) is 24.3 Å². The van der Waals surface area contributed by atoms with Gasteiger partial charge in [0, 0.05) is 3.57 Å².